The lowest BCUT2D eigenvalue weighted by Gasteiger charge is -2.05. The monoisotopic (exact) mass is 326 g/mol. The first kappa shape index (κ1) is 15.3. The number of halogens is 1. The van der Waals surface area contributed by atoms with E-state index in [1.54, 1.807) is 25.4 Å². The van der Waals surface area contributed by atoms with E-state index in [4.69, 9.17) is 16.3 Å². The Kier molecular flexibility index (Phi) is 4.17. The van der Waals surface area contributed by atoms with Gasteiger partial charge < -0.3 is 4.74 Å². The standard InChI is InChI=1S/C18H15ClN2O2/c1-12-3-8-17-20-16(10-18(22)21(17)11-12)15(19)9-13-4-6-14(23-2)7-5-13/h3-11H,1-2H3/b15-9-. The fourth-order valence-electron chi connectivity index (χ4n) is 2.25. The van der Waals surface area contributed by atoms with Crippen LogP contribution < -0.4 is 10.3 Å². The van der Waals surface area contributed by atoms with E-state index in [0.29, 0.717) is 16.4 Å². The van der Waals surface area contributed by atoms with E-state index in [1.165, 1.54) is 10.5 Å². The Labute approximate surface area is 138 Å². The molecule has 0 amide bonds. The van der Waals surface area contributed by atoms with Gasteiger partial charge >= 0.3 is 0 Å². The summed E-state index contributed by atoms with van der Waals surface area (Å²) in [6.45, 7) is 1.93. The minimum atomic E-state index is -0.157. The number of nitrogens with zero attached hydrogens (tertiary/aromatic N) is 2. The van der Waals surface area contributed by atoms with Crippen molar-refractivity contribution in [2.45, 2.75) is 6.92 Å². The molecule has 5 heteroatoms. The van der Waals surface area contributed by atoms with Crippen molar-refractivity contribution in [3.63, 3.8) is 0 Å². The number of hydrogen-bond acceptors (Lipinski definition) is 3. The van der Waals surface area contributed by atoms with Crippen LogP contribution in [0.3, 0.4) is 0 Å². The number of benzene rings is 1. The van der Waals surface area contributed by atoms with E-state index < -0.39 is 0 Å². The minimum absolute atomic E-state index is 0.157. The normalized spacial score (nSPS) is 11.7. The van der Waals surface area contributed by atoms with E-state index in [9.17, 15) is 4.79 Å². The molecular weight excluding hydrogens is 312 g/mol. The topological polar surface area (TPSA) is 43.6 Å². The van der Waals surface area contributed by atoms with Crippen LogP contribution in [0.25, 0.3) is 16.8 Å². The molecular formula is C18H15ClN2O2. The second kappa shape index (κ2) is 6.26. The summed E-state index contributed by atoms with van der Waals surface area (Å²) < 4.78 is 6.63. The summed E-state index contributed by atoms with van der Waals surface area (Å²) in [4.78, 5) is 16.7. The third-order valence-electron chi connectivity index (χ3n) is 3.46. The molecule has 0 atom stereocenters. The largest absolute Gasteiger partial charge is 0.497 e. The highest BCUT2D eigenvalue weighted by molar-refractivity contribution is 6.51. The molecule has 0 saturated carbocycles. The van der Waals surface area contributed by atoms with Gasteiger partial charge in [-0.2, -0.15) is 0 Å². The Morgan fingerprint density at radius 2 is 1.96 bits per heavy atom. The molecule has 3 rings (SSSR count). The molecule has 0 spiro atoms. The van der Waals surface area contributed by atoms with E-state index in [-0.39, 0.29) is 5.56 Å². The Hall–Kier alpha value is -2.59. The van der Waals surface area contributed by atoms with Crippen molar-refractivity contribution >= 4 is 28.4 Å². The van der Waals surface area contributed by atoms with Gasteiger partial charge in [-0.1, -0.05) is 29.8 Å². The Morgan fingerprint density at radius 1 is 1.22 bits per heavy atom. The predicted molar refractivity (Wildman–Crippen MR) is 92.9 cm³/mol. The summed E-state index contributed by atoms with van der Waals surface area (Å²) in [5.74, 6) is 0.774. The van der Waals surface area contributed by atoms with Crippen molar-refractivity contribution in [2.75, 3.05) is 7.11 Å². The lowest BCUT2D eigenvalue weighted by atomic mass is 10.2. The second-order valence-electron chi connectivity index (χ2n) is 5.18. The maximum absolute atomic E-state index is 12.2. The van der Waals surface area contributed by atoms with Crippen molar-refractivity contribution in [3.8, 4) is 5.75 Å². The predicted octanol–water partition coefficient (Wildman–Crippen LogP) is 3.75. The van der Waals surface area contributed by atoms with Gasteiger partial charge in [0.2, 0.25) is 0 Å². The molecule has 0 N–H and O–H groups in total. The van der Waals surface area contributed by atoms with Crippen LogP contribution >= 0.6 is 11.6 Å². The number of fused-ring (bicyclic) bond motifs is 1. The van der Waals surface area contributed by atoms with Gasteiger partial charge in [0.25, 0.3) is 5.56 Å². The van der Waals surface area contributed by atoms with Crippen molar-refractivity contribution in [3.05, 3.63) is 75.8 Å². The van der Waals surface area contributed by atoms with Crippen LogP contribution in [0.1, 0.15) is 16.8 Å². The highest BCUT2D eigenvalue weighted by atomic mass is 35.5. The molecule has 0 bridgehead atoms. The molecule has 0 aliphatic heterocycles. The number of methoxy groups -OCH3 is 1. The summed E-state index contributed by atoms with van der Waals surface area (Å²) in [6, 6.07) is 12.6. The van der Waals surface area contributed by atoms with E-state index in [0.717, 1.165) is 16.9 Å². The van der Waals surface area contributed by atoms with Crippen molar-refractivity contribution in [1.82, 2.24) is 9.38 Å². The quantitative estimate of drug-likeness (QED) is 0.736. The van der Waals surface area contributed by atoms with Crippen LogP contribution in [0.15, 0.2) is 53.5 Å². The van der Waals surface area contributed by atoms with Gasteiger partial charge in [-0.3, -0.25) is 9.20 Å². The van der Waals surface area contributed by atoms with Gasteiger partial charge in [-0.15, -0.1) is 0 Å². The van der Waals surface area contributed by atoms with Crippen LogP contribution in [0, 0.1) is 6.92 Å². The third kappa shape index (κ3) is 3.27. The SMILES string of the molecule is COc1ccc(/C=C(\Cl)c2cc(=O)n3cc(C)ccc3n2)cc1. The number of pyridine rings is 1. The van der Waals surface area contributed by atoms with E-state index in [1.807, 2.05) is 37.3 Å². The van der Waals surface area contributed by atoms with Crippen LogP contribution in [-0.4, -0.2) is 16.5 Å². The molecule has 0 fully saturated rings. The first-order valence-corrected chi connectivity index (χ1v) is 7.46. The molecule has 0 saturated heterocycles. The van der Waals surface area contributed by atoms with Gasteiger partial charge in [-0.25, -0.2) is 4.98 Å². The zero-order valence-corrected chi connectivity index (χ0v) is 13.5. The molecule has 0 radical (unpaired) electrons. The lowest BCUT2D eigenvalue weighted by Crippen LogP contribution is -2.15. The molecule has 2 heterocycles. The Bertz CT molecular complexity index is 943. The van der Waals surface area contributed by atoms with Crippen LogP contribution in [0.2, 0.25) is 0 Å². The zero-order valence-electron chi connectivity index (χ0n) is 12.8. The minimum Gasteiger partial charge on any atom is -0.497 e. The molecule has 1 aromatic carbocycles. The third-order valence-corrected chi connectivity index (χ3v) is 3.76. The molecule has 3 aromatic rings. The number of ether oxygens (including phenoxy) is 1. The summed E-state index contributed by atoms with van der Waals surface area (Å²) in [5, 5.41) is 0.412. The van der Waals surface area contributed by atoms with Gasteiger partial charge in [0.1, 0.15) is 11.4 Å². The van der Waals surface area contributed by atoms with Gasteiger partial charge in [-0.05, 0) is 42.3 Å². The number of aryl methyl sites for hydroxylation is 1. The average Bonchev–Trinajstić information content (AvgIpc) is 2.56. The molecule has 0 aliphatic rings. The molecule has 4 nitrogen and oxygen atoms in total. The van der Waals surface area contributed by atoms with Crippen LogP contribution in [-0.2, 0) is 0 Å². The fraction of sp³-hybridized carbons (Fsp3) is 0.111. The van der Waals surface area contributed by atoms with Crippen molar-refractivity contribution in [1.29, 1.82) is 0 Å². The van der Waals surface area contributed by atoms with Crippen molar-refractivity contribution in [2.24, 2.45) is 0 Å². The lowest BCUT2D eigenvalue weighted by molar-refractivity contribution is 0.415. The first-order valence-electron chi connectivity index (χ1n) is 7.08. The summed E-state index contributed by atoms with van der Waals surface area (Å²) in [5.41, 5.74) is 2.77. The number of hydrogen-bond donors (Lipinski definition) is 0. The van der Waals surface area contributed by atoms with Gasteiger partial charge in [0, 0.05) is 12.3 Å². The van der Waals surface area contributed by atoms with Gasteiger partial charge in [0.15, 0.2) is 0 Å². The molecule has 2 aromatic heterocycles. The molecule has 116 valence electrons. The smallest absolute Gasteiger partial charge is 0.258 e. The van der Waals surface area contributed by atoms with Gasteiger partial charge in [0.05, 0.1) is 17.8 Å². The highest BCUT2D eigenvalue weighted by Crippen LogP contribution is 2.21. The first-order chi connectivity index (χ1) is 11.1. The fourth-order valence-corrected chi connectivity index (χ4v) is 2.47. The van der Waals surface area contributed by atoms with Crippen LogP contribution in [0.5, 0.6) is 5.75 Å². The number of aromatic nitrogens is 2. The van der Waals surface area contributed by atoms with Crippen LogP contribution in [0.4, 0.5) is 0 Å². The van der Waals surface area contributed by atoms with E-state index in [2.05, 4.69) is 4.98 Å². The molecule has 0 unspecified atom stereocenters. The van der Waals surface area contributed by atoms with Crippen molar-refractivity contribution < 1.29 is 4.74 Å². The Balaban J connectivity index is 2.02. The molecule has 0 aliphatic carbocycles. The molecule has 23 heavy (non-hydrogen) atoms. The van der Waals surface area contributed by atoms with E-state index >= 15 is 0 Å². The summed E-state index contributed by atoms with van der Waals surface area (Å²) >= 11 is 6.34. The zero-order chi connectivity index (χ0) is 16.4. The maximum Gasteiger partial charge on any atom is 0.258 e. The average molecular weight is 327 g/mol. The maximum atomic E-state index is 12.2. The highest BCUT2D eigenvalue weighted by Gasteiger charge is 2.06. The summed E-state index contributed by atoms with van der Waals surface area (Å²) in [6.07, 6.45) is 3.53. The Morgan fingerprint density at radius 3 is 2.65 bits per heavy atom. The second-order valence-corrected chi connectivity index (χ2v) is 5.59. The number of rotatable bonds is 3. The summed E-state index contributed by atoms with van der Waals surface area (Å²) in [7, 11) is 1.62.